The van der Waals surface area contributed by atoms with Crippen LogP contribution in [0.5, 0.6) is 0 Å². The van der Waals surface area contributed by atoms with Gasteiger partial charge in [0.15, 0.2) is 5.96 Å². The normalized spacial score (nSPS) is 17.9. The zero-order valence-corrected chi connectivity index (χ0v) is 11.1. The van der Waals surface area contributed by atoms with Gasteiger partial charge in [0, 0.05) is 26.2 Å². The second kappa shape index (κ2) is 8.31. The Morgan fingerprint density at radius 3 is 2.76 bits per heavy atom. The Balaban J connectivity index is 2.09. The highest BCUT2D eigenvalue weighted by Crippen LogP contribution is 2.17. The van der Waals surface area contributed by atoms with Gasteiger partial charge in [-0.1, -0.05) is 12.8 Å². The first-order valence-electron chi connectivity index (χ1n) is 6.46. The third-order valence-electron chi connectivity index (χ3n) is 3.15. The first-order valence-corrected chi connectivity index (χ1v) is 6.46. The lowest BCUT2D eigenvalue weighted by Crippen LogP contribution is -2.39. The molecule has 1 rings (SSSR count). The van der Waals surface area contributed by atoms with Gasteiger partial charge in [0.2, 0.25) is 0 Å². The van der Waals surface area contributed by atoms with Crippen molar-refractivity contribution in [2.75, 3.05) is 40.4 Å². The molecule has 0 spiro atoms. The van der Waals surface area contributed by atoms with Crippen LogP contribution >= 0.6 is 0 Å². The van der Waals surface area contributed by atoms with Crippen LogP contribution < -0.4 is 11.1 Å². The zero-order valence-electron chi connectivity index (χ0n) is 11.1. The summed E-state index contributed by atoms with van der Waals surface area (Å²) in [7, 11) is 3.78. The third kappa shape index (κ3) is 6.48. The van der Waals surface area contributed by atoms with Crippen LogP contribution in [-0.4, -0.2) is 57.3 Å². The van der Waals surface area contributed by atoms with Crippen LogP contribution in [-0.2, 0) is 4.74 Å². The smallest absolute Gasteiger partial charge is 0.188 e. The molecular formula is C12H26N4O. The molecule has 1 fully saturated rings. The predicted molar refractivity (Wildman–Crippen MR) is 71.3 cm³/mol. The van der Waals surface area contributed by atoms with Crippen molar-refractivity contribution in [2.45, 2.75) is 31.7 Å². The Morgan fingerprint density at radius 2 is 2.12 bits per heavy atom. The van der Waals surface area contributed by atoms with E-state index in [0.29, 0.717) is 12.0 Å². The highest BCUT2D eigenvalue weighted by atomic mass is 16.5. The second-order valence-corrected chi connectivity index (χ2v) is 4.69. The topological polar surface area (TPSA) is 62.9 Å². The molecule has 0 unspecified atom stereocenters. The van der Waals surface area contributed by atoms with Gasteiger partial charge in [-0.3, -0.25) is 4.99 Å². The Morgan fingerprint density at radius 1 is 1.41 bits per heavy atom. The van der Waals surface area contributed by atoms with Crippen molar-refractivity contribution >= 4 is 5.96 Å². The lowest BCUT2D eigenvalue weighted by atomic mass is 10.2. The van der Waals surface area contributed by atoms with Crippen molar-refractivity contribution in [1.29, 1.82) is 0 Å². The predicted octanol–water partition coefficient (Wildman–Crippen LogP) is 0.412. The molecule has 0 atom stereocenters. The van der Waals surface area contributed by atoms with E-state index in [2.05, 4.69) is 22.3 Å². The fraction of sp³-hybridized carbons (Fsp3) is 0.917. The van der Waals surface area contributed by atoms with Gasteiger partial charge in [0.05, 0.1) is 13.2 Å². The fourth-order valence-electron chi connectivity index (χ4n) is 2.03. The number of ether oxygens (including phenoxy) is 1. The van der Waals surface area contributed by atoms with Gasteiger partial charge < -0.3 is 20.7 Å². The van der Waals surface area contributed by atoms with Gasteiger partial charge >= 0.3 is 0 Å². The molecule has 17 heavy (non-hydrogen) atoms. The molecule has 1 aliphatic carbocycles. The molecule has 100 valence electrons. The molecule has 0 radical (unpaired) electrons. The molecule has 0 aromatic carbocycles. The van der Waals surface area contributed by atoms with Crippen LogP contribution in [0, 0.1) is 0 Å². The molecule has 1 saturated carbocycles. The van der Waals surface area contributed by atoms with Crippen molar-refractivity contribution in [3.8, 4) is 0 Å². The molecule has 0 heterocycles. The number of nitrogens with one attached hydrogen (secondary N) is 1. The summed E-state index contributed by atoms with van der Waals surface area (Å²) in [6.45, 7) is 3.35. The molecule has 0 amide bonds. The van der Waals surface area contributed by atoms with E-state index < -0.39 is 0 Å². The van der Waals surface area contributed by atoms with Crippen LogP contribution in [0.4, 0.5) is 0 Å². The van der Waals surface area contributed by atoms with Crippen LogP contribution in [0.25, 0.3) is 0 Å². The summed E-state index contributed by atoms with van der Waals surface area (Å²) in [4.78, 5) is 6.53. The van der Waals surface area contributed by atoms with Crippen LogP contribution in [0.1, 0.15) is 25.7 Å². The highest BCUT2D eigenvalue weighted by Gasteiger charge is 2.14. The summed E-state index contributed by atoms with van der Waals surface area (Å²) < 4.78 is 5.01. The van der Waals surface area contributed by atoms with Crippen molar-refractivity contribution in [3.63, 3.8) is 0 Å². The Bertz CT molecular complexity index is 227. The van der Waals surface area contributed by atoms with Gasteiger partial charge in [-0.15, -0.1) is 0 Å². The summed E-state index contributed by atoms with van der Waals surface area (Å²) in [6, 6.07) is 0.546. The minimum Gasteiger partial charge on any atom is -0.383 e. The minimum absolute atomic E-state index is 0.546. The minimum atomic E-state index is 0.546. The van der Waals surface area contributed by atoms with E-state index in [-0.39, 0.29) is 0 Å². The third-order valence-corrected chi connectivity index (χ3v) is 3.15. The lowest BCUT2D eigenvalue weighted by molar-refractivity contribution is 0.163. The second-order valence-electron chi connectivity index (χ2n) is 4.69. The van der Waals surface area contributed by atoms with Crippen molar-refractivity contribution < 1.29 is 4.74 Å². The first kappa shape index (κ1) is 14.3. The van der Waals surface area contributed by atoms with Crippen LogP contribution in [0.3, 0.4) is 0 Å². The Labute approximate surface area is 104 Å². The maximum absolute atomic E-state index is 5.84. The maximum Gasteiger partial charge on any atom is 0.188 e. The number of aliphatic imine (C=N–C) groups is 1. The lowest BCUT2D eigenvalue weighted by Gasteiger charge is -2.15. The van der Waals surface area contributed by atoms with Gasteiger partial charge in [-0.25, -0.2) is 0 Å². The van der Waals surface area contributed by atoms with Gasteiger partial charge in [-0.2, -0.15) is 0 Å². The highest BCUT2D eigenvalue weighted by molar-refractivity contribution is 5.78. The Hall–Kier alpha value is -0.810. The van der Waals surface area contributed by atoms with Crippen molar-refractivity contribution in [2.24, 2.45) is 10.7 Å². The number of nitrogens with zero attached hydrogens (tertiary/aromatic N) is 2. The molecule has 0 bridgehead atoms. The number of methoxy groups -OCH3 is 1. The monoisotopic (exact) mass is 242 g/mol. The van der Waals surface area contributed by atoms with Crippen LogP contribution in [0.15, 0.2) is 4.99 Å². The van der Waals surface area contributed by atoms with Gasteiger partial charge in [0.25, 0.3) is 0 Å². The largest absolute Gasteiger partial charge is 0.383 e. The summed E-state index contributed by atoms with van der Waals surface area (Å²) in [5.74, 6) is 0.594. The van der Waals surface area contributed by atoms with Gasteiger partial charge in [-0.05, 0) is 19.9 Å². The number of hydrogen-bond donors (Lipinski definition) is 2. The van der Waals surface area contributed by atoms with Gasteiger partial charge in [0.1, 0.15) is 0 Å². The van der Waals surface area contributed by atoms with E-state index in [0.717, 1.165) is 26.2 Å². The summed E-state index contributed by atoms with van der Waals surface area (Å²) in [6.07, 6.45) is 5.07. The molecule has 3 N–H and O–H groups in total. The fourth-order valence-corrected chi connectivity index (χ4v) is 2.03. The van der Waals surface area contributed by atoms with E-state index in [9.17, 15) is 0 Å². The van der Waals surface area contributed by atoms with Crippen molar-refractivity contribution in [1.82, 2.24) is 10.2 Å². The van der Waals surface area contributed by atoms with E-state index >= 15 is 0 Å². The maximum atomic E-state index is 5.84. The molecule has 0 aromatic rings. The van der Waals surface area contributed by atoms with E-state index in [1.54, 1.807) is 7.11 Å². The molecule has 0 aromatic heterocycles. The molecule has 0 saturated heterocycles. The average molecular weight is 242 g/mol. The molecule has 5 nitrogen and oxygen atoms in total. The molecule has 1 aliphatic rings. The van der Waals surface area contributed by atoms with Crippen molar-refractivity contribution in [3.05, 3.63) is 0 Å². The zero-order chi connectivity index (χ0) is 12.5. The summed E-state index contributed by atoms with van der Waals surface area (Å²) in [5.41, 5.74) is 5.84. The number of likely N-dealkylation sites (N-methyl/N-ethyl adjacent to an activating group) is 1. The molecule has 0 aliphatic heterocycles. The number of guanidine groups is 1. The SMILES string of the molecule is COCCN(C)CCN=C(N)NC1CCCC1. The summed E-state index contributed by atoms with van der Waals surface area (Å²) >= 11 is 0. The number of hydrogen-bond acceptors (Lipinski definition) is 3. The number of rotatable bonds is 7. The Kier molecular flexibility index (Phi) is 6.96. The number of nitrogens with two attached hydrogens (primary N) is 1. The molecule has 5 heteroatoms. The van der Waals surface area contributed by atoms with E-state index in [1.165, 1.54) is 25.7 Å². The first-order chi connectivity index (χ1) is 8.22. The van der Waals surface area contributed by atoms with E-state index in [4.69, 9.17) is 10.5 Å². The average Bonchev–Trinajstić information content (AvgIpc) is 2.79. The molecular weight excluding hydrogens is 216 g/mol. The quantitative estimate of drug-likeness (QED) is 0.501. The standard InChI is InChI=1S/C12H26N4O/c1-16(9-10-17-2)8-7-14-12(13)15-11-5-3-4-6-11/h11H,3-10H2,1-2H3,(H3,13,14,15). The summed E-state index contributed by atoms with van der Waals surface area (Å²) in [5, 5.41) is 3.28. The van der Waals surface area contributed by atoms with Crippen LogP contribution in [0.2, 0.25) is 0 Å². The van der Waals surface area contributed by atoms with E-state index in [1.807, 2.05) is 0 Å².